The van der Waals surface area contributed by atoms with Crippen LogP contribution in [0, 0.1) is 6.92 Å². The molecule has 0 aliphatic carbocycles. The summed E-state index contributed by atoms with van der Waals surface area (Å²) in [6.07, 6.45) is 7.93. The Kier molecular flexibility index (Phi) is 9.04. The molecule has 2 N–H and O–H groups in total. The van der Waals surface area contributed by atoms with Crippen molar-refractivity contribution in [2.75, 3.05) is 19.6 Å². The lowest BCUT2D eigenvalue weighted by atomic mass is 10.2. The van der Waals surface area contributed by atoms with E-state index >= 15 is 0 Å². The number of thiazole rings is 1. The summed E-state index contributed by atoms with van der Waals surface area (Å²) in [5.41, 5.74) is 0. The van der Waals surface area contributed by atoms with Crippen LogP contribution in [0.5, 0.6) is 0 Å². The van der Waals surface area contributed by atoms with Gasteiger partial charge in [-0.25, -0.2) is 4.98 Å². The molecule has 0 atom stereocenters. The van der Waals surface area contributed by atoms with Gasteiger partial charge in [0.2, 0.25) is 0 Å². The summed E-state index contributed by atoms with van der Waals surface area (Å²) in [6, 6.07) is 0. The van der Waals surface area contributed by atoms with E-state index in [1.807, 2.05) is 6.20 Å². The maximum absolute atomic E-state index is 4.60. The average Bonchev–Trinajstić information content (AvgIpc) is 2.84. The maximum atomic E-state index is 4.60. The molecule has 5 heteroatoms. The Morgan fingerprint density at radius 3 is 2.75 bits per heavy atom. The quantitative estimate of drug-likeness (QED) is 0.418. The molecule has 1 rings (SSSR count). The molecular weight excluding hydrogens is 268 g/mol. The number of rotatable bonds is 9. The molecule has 0 unspecified atom stereocenters. The van der Waals surface area contributed by atoms with Gasteiger partial charge in [0.25, 0.3) is 0 Å². The molecule has 20 heavy (non-hydrogen) atoms. The molecule has 0 bridgehead atoms. The first-order valence-electron chi connectivity index (χ1n) is 7.69. The van der Waals surface area contributed by atoms with Crippen LogP contribution in [0.25, 0.3) is 0 Å². The first-order valence-corrected chi connectivity index (χ1v) is 8.51. The van der Waals surface area contributed by atoms with Crippen molar-refractivity contribution >= 4 is 17.3 Å². The van der Waals surface area contributed by atoms with Crippen molar-refractivity contribution in [3.05, 3.63) is 16.1 Å². The van der Waals surface area contributed by atoms with Crippen LogP contribution in [0.4, 0.5) is 0 Å². The average molecular weight is 296 g/mol. The number of hydrogen-bond acceptors (Lipinski definition) is 3. The van der Waals surface area contributed by atoms with Crippen molar-refractivity contribution in [1.29, 1.82) is 0 Å². The zero-order valence-corrected chi connectivity index (χ0v) is 13.9. The van der Waals surface area contributed by atoms with Crippen molar-refractivity contribution in [2.45, 2.75) is 52.9 Å². The highest BCUT2D eigenvalue weighted by molar-refractivity contribution is 7.11. The molecule has 114 valence electrons. The summed E-state index contributed by atoms with van der Waals surface area (Å²) in [7, 11) is 0. The first-order chi connectivity index (χ1) is 9.76. The molecule has 4 nitrogen and oxygen atoms in total. The SMILES string of the molecule is CCCCCCN=C(NCC)NCCc1ncc(C)s1. The molecule has 0 radical (unpaired) electrons. The number of hydrogen-bond donors (Lipinski definition) is 2. The fraction of sp³-hybridized carbons (Fsp3) is 0.733. The molecule has 1 heterocycles. The van der Waals surface area contributed by atoms with Gasteiger partial charge in [-0.3, -0.25) is 4.99 Å². The minimum atomic E-state index is 0.883. The van der Waals surface area contributed by atoms with Gasteiger partial charge >= 0.3 is 0 Å². The number of nitrogens with one attached hydrogen (secondary N) is 2. The Labute approximate surface area is 127 Å². The van der Waals surface area contributed by atoms with Crippen LogP contribution >= 0.6 is 11.3 Å². The zero-order chi connectivity index (χ0) is 14.6. The van der Waals surface area contributed by atoms with E-state index in [9.17, 15) is 0 Å². The second kappa shape index (κ2) is 10.7. The van der Waals surface area contributed by atoms with Gasteiger partial charge in [-0.15, -0.1) is 11.3 Å². The highest BCUT2D eigenvalue weighted by Gasteiger charge is 2.00. The van der Waals surface area contributed by atoms with Gasteiger partial charge in [0.05, 0.1) is 5.01 Å². The van der Waals surface area contributed by atoms with E-state index in [2.05, 4.69) is 41.4 Å². The fourth-order valence-electron chi connectivity index (χ4n) is 1.88. The third-order valence-corrected chi connectivity index (χ3v) is 3.90. The minimum absolute atomic E-state index is 0.883. The molecule has 0 spiro atoms. The fourth-order valence-corrected chi connectivity index (χ4v) is 2.66. The van der Waals surface area contributed by atoms with Crippen molar-refractivity contribution in [2.24, 2.45) is 4.99 Å². The van der Waals surface area contributed by atoms with Crippen molar-refractivity contribution < 1.29 is 0 Å². The van der Waals surface area contributed by atoms with Crippen LogP contribution in [0.2, 0.25) is 0 Å². The van der Waals surface area contributed by atoms with Gasteiger partial charge in [0.1, 0.15) is 0 Å². The third-order valence-electron chi connectivity index (χ3n) is 2.93. The van der Waals surface area contributed by atoms with Crippen LogP contribution in [0.15, 0.2) is 11.2 Å². The monoisotopic (exact) mass is 296 g/mol. The Morgan fingerprint density at radius 1 is 1.25 bits per heavy atom. The molecule has 0 aliphatic heterocycles. The molecule has 0 aromatic carbocycles. The second-order valence-corrected chi connectivity index (χ2v) is 6.18. The van der Waals surface area contributed by atoms with E-state index in [4.69, 9.17) is 0 Å². The normalized spacial score (nSPS) is 11.7. The third kappa shape index (κ3) is 7.48. The summed E-state index contributed by atoms with van der Waals surface area (Å²) < 4.78 is 0. The standard InChI is InChI=1S/C15H28N4S/c1-4-6-7-8-10-17-15(16-5-2)18-11-9-14-19-12-13(3)20-14/h12H,4-11H2,1-3H3,(H2,16,17,18). The highest BCUT2D eigenvalue weighted by Crippen LogP contribution is 2.10. The number of aryl methyl sites for hydroxylation is 1. The van der Waals surface area contributed by atoms with Crippen LogP contribution in [-0.2, 0) is 6.42 Å². The Morgan fingerprint density at radius 2 is 2.10 bits per heavy atom. The number of aromatic nitrogens is 1. The van der Waals surface area contributed by atoms with E-state index < -0.39 is 0 Å². The summed E-state index contributed by atoms with van der Waals surface area (Å²) in [5.74, 6) is 0.928. The Hall–Kier alpha value is -1.10. The lowest BCUT2D eigenvalue weighted by Gasteiger charge is -2.10. The molecule has 0 aliphatic rings. The molecular formula is C15H28N4S. The lowest BCUT2D eigenvalue weighted by Crippen LogP contribution is -2.38. The molecule has 1 aromatic rings. The van der Waals surface area contributed by atoms with E-state index in [0.717, 1.165) is 32.0 Å². The predicted octanol–water partition coefficient (Wildman–Crippen LogP) is 3.13. The number of nitrogens with zero attached hydrogens (tertiary/aromatic N) is 2. The van der Waals surface area contributed by atoms with Gasteiger partial charge in [0.15, 0.2) is 5.96 Å². The second-order valence-electron chi connectivity index (χ2n) is 4.86. The molecule has 0 amide bonds. The topological polar surface area (TPSA) is 49.3 Å². The predicted molar refractivity (Wildman–Crippen MR) is 88.7 cm³/mol. The molecule has 0 saturated heterocycles. The summed E-state index contributed by atoms with van der Waals surface area (Å²) in [6.45, 7) is 9.11. The maximum Gasteiger partial charge on any atom is 0.191 e. The zero-order valence-electron chi connectivity index (χ0n) is 13.0. The summed E-state index contributed by atoms with van der Waals surface area (Å²) in [4.78, 5) is 10.2. The first kappa shape index (κ1) is 17.0. The summed E-state index contributed by atoms with van der Waals surface area (Å²) in [5, 5.41) is 7.85. The summed E-state index contributed by atoms with van der Waals surface area (Å²) >= 11 is 1.77. The number of unbranched alkanes of at least 4 members (excludes halogenated alkanes) is 3. The van der Waals surface area contributed by atoms with Gasteiger partial charge < -0.3 is 10.6 Å². The van der Waals surface area contributed by atoms with Crippen LogP contribution < -0.4 is 10.6 Å². The number of aliphatic imine (C=N–C) groups is 1. The van der Waals surface area contributed by atoms with E-state index in [0.29, 0.717) is 0 Å². The van der Waals surface area contributed by atoms with Crippen molar-refractivity contribution in [1.82, 2.24) is 15.6 Å². The van der Waals surface area contributed by atoms with Crippen LogP contribution in [0.1, 0.15) is 49.4 Å². The van der Waals surface area contributed by atoms with E-state index in [1.165, 1.54) is 35.6 Å². The molecule has 0 fully saturated rings. The van der Waals surface area contributed by atoms with Crippen molar-refractivity contribution in [3.8, 4) is 0 Å². The van der Waals surface area contributed by atoms with Gasteiger partial charge in [-0.1, -0.05) is 26.2 Å². The molecule has 1 aromatic heterocycles. The van der Waals surface area contributed by atoms with E-state index in [1.54, 1.807) is 11.3 Å². The van der Waals surface area contributed by atoms with E-state index in [-0.39, 0.29) is 0 Å². The largest absolute Gasteiger partial charge is 0.357 e. The van der Waals surface area contributed by atoms with Crippen molar-refractivity contribution in [3.63, 3.8) is 0 Å². The van der Waals surface area contributed by atoms with Crippen LogP contribution in [0.3, 0.4) is 0 Å². The minimum Gasteiger partial charge on any atom is -0.357 e. The van der Waals surface area contributed by atoms with Gasteiger partial charge in [-0.05, 0) is 20.3 Å². The Balaban J connectivity index is 2.25. The highest BCUT2D eigenvalue weighted by atomic mass is 32.1. The lowest BCUT2D eigenvalue weighted by molar-refractivity contribution is 0.670. The smallest absolute Gasteiger partial charge is 0.191 e. The molecule has 0 saturated carbocycles. The van der Waals surface area contributed by atoms with Gasteiger partial charge in [-0.2, -0.15) is 0 Å². The van der Waals surface area contributed by atoms with Crippen LogP contribution in [-0.4, -0.2) is 30.6 Å². The Bertz CT molecular complexity index is 387. The number of guanidine groups is 1. The van der Waals surface area contributed by atoms with Gasteiger partial charge in [0, 0.05) is 37.1 Å².